The fourth-order valence-corrected chi connectivity index (χ4v) is 4.10. The molecule has 0 aliphatic heterocycles. The molecular formula is C16H13ClN2S. The van der Waals surface area contributed by atoms with Crippen molar-refractivity contribution in [1.82, 2.24) is 9.97 Å². The van der Waals surface area contributed by atoms with Crippen LogP contribution in [-0.4, -0.2) is 9.97 Å². The molecule has 0 bridgehead atoms. The van der Waals surface area contributed by atoms with Crippen LogP contribution in [0.5, 0.6) is 0 Å². The van der Waals surface area contributed by atoms with Gasteiger partial charge in [-0.05, 0) is 42.4 Å². The molecule has 2 aromatic heterocycles. The quantitative estimate of drug-likeness (QED) is 0.598. The summed E-state index contributed by atoms with van der Waals surface area (Å²) >= 11 is 7.75. The molecule has 0 radical (unpaired) electrons. The number of rotatable bonds is 1. The summed E-state index contributed by atoms with van der Waals surface area (Å²) in [6.45, 7) is 0. The Morgan fingerprint density at radius 2 is 1.90 bits per heavy atom. The summed E-state index contributed by atoms with van der Waals surface area (Å²) < 4.78 is 0.974. The van der Waals surface area contributed by atoms with Crippen LogP contribution in [0.2, 0.25) is 5.15 Å². The van der Waals surface area contributed by atoms with E-state index in [-0.39, 0.29) is 0 Å². The minimum atomic E-state index is 0.546. The van der Waals surface area contributed by atoms with Crippen molar-refractivity contribution >= 4 is 33.2 Å². The summed E-state index contributed by atoms with van der Waals surface area (Å²) in [5.41, 5.74) is 6.38. The number of aryl methyl sites for hydroxylation is 2. The minimum Gasteiger partial charge on any atom is -0.235 e. The summed E-state index contributed by atoms with van der Waals surface area (Å²) in [5, 5.41) is 2.68. The van der Waals surface area contributed by atoms with E-state index in [1.165, 1.54) is 47.9 Å². The van der Waals surface area contributed by atoms with Crippen LogP contribution in [0.15, 0.2) is 29.9 Å². The van der Waals surface area contributed by atoms with E-state index in [9.17, 15) is 0 Å². The molecule has 2 heterocycles. The number of hydrogen-bond acceptors (Lipinski definition) is 3. The maximum atomic E-state index is 6.13. The molecule has 1 aromatic carbocycles. The number of halogens is 1. The largest absolute Gasteiger partial charge is 0.235 e. The predicted octanol–water partition coefficient (Wildman–Crippen LogP) is 4.89. The molecule has 3 aromatic rings. The Balaban J connectivity index is 1.89. The van der Waals surface area contributed by atoms with Gasteiger partial charge in [0.2, 0.25) is 0 Å². The van der Waals surface area contributed by atoms with Gasteiger partial charge >= 0.3 is 0 Å². The standard InChI is InChI=1S/C16H13ClN2S/c17-16-15-14(18-9-19-16)13(8-20-15)12-6-5-10-3-1-2-4-11(10)7-12/h5-9H,1-4H2. The second-order valence-corrected chi connectivity index (χ2v) is 6.42. The second-order valence-electron chi connectivity index (χ2n) is 5.18. The normalized spacial score (nSPS) is 14.4. The smallest absolute Gasteiger partial charge is 0.150 e. The molecule has 4 rings (SSSR count). The van der Waals surface area contributed by atoms with Gasteiger partial charge in [0, 0.05) is 10.9 Å². The highest BCUT2D eigenvalue weighted by Gasteiger charge is 2.14. The van der Waals surface area contributed by atoms with Crippen molar-refractivity contribution in [3.8, 4) is 11.1 Å². The third kappa shape index (κ3) is 1.93. The molecule has 1 aliphatic carbocycles. The van der Waals surface area contributed by atoms with Gasteiger partial charge in [-0.3, -0.25) is 0 Å². The van der Waals surface area contributed by atoms with Gasteiger partial charge in [0.05, 0.1) is 10.2 Å². The molecule has 0 fully saturated rings. The maximum Gasteiger partial charge on any atom is 0.150 e. The summed E-state index contributed by atoms with van der Waals surface area (Å²) in [4.78, 5) is 8.45. The molecule has 100 valence electrons. The molecule has 4 heteroatoms. The zero-order valence-corrected chi connectivity index (χ0v) is 12.5. The first-order valence-corrected chi connectivity index (χ1v) is 8.08. The molecule has 0 amide bonds. The van der Waals surface area contributed by atoms with E-state index in [0.717, 1.165) is 10.2 Å². The topological polar surface area (TPSA) is 25.8 Å². The Morgan fingerprint density at radius 3 is 2.80 bits per heavy atom. The van der Waals surface area contributed by atoms with E-state index >= 15 is 0 Å². The SMILES string of the molecule is Clc1ncnc2c(-c3ccc4c(c3)CCCC4)csc12. The van der Waals surface area contributed by atoms with Crippen molar-refractivity contribution in [2.75, 3.05) is 0 Å². The van der Waals surface area contributed by atoms with Crippen molar-refractivity contribution in [2.45, 2.75) is 25.7 Å². The molecule has 1 aliphatic rings. The highest BCUT2D eigenvalue weighted by atomic mass is 35.5. The van der Waals surface area contributed by atoms with E-state index in [1.54, 1.807) is 17.7 Å². The maximum absolute atomic E-state index is 6.13. The lowest BCUT2D eigenvalue weighted by Gasteiger charge is -2.16. The monoisotopic (exact) mass is 300 g/mol. The lowest BCUT2D eigenvalue weighted by Crippen LogP contribution is -2.02. The van der Waals surface area contributed by atoms with E-state index < -0.39 is 0 Å². The van der Waals surface area contributed by atoms with E-state index in [4.69, 9.17) is 11.6 Å². The van der Waals surface area contributed by atoms with Crippen molar-refractivity contribution < 1.29 is 0 Å². The average Bonchev–Trinajstić information content (AvgIpc) is 2.92. The van der Waals surface area contributed by atoms with Crippen LogP contribution in [0.1, 0.15) is 24.0 Å². The fraction of sp³-hybridized carbons (Fsp3) is 0.250. The number of fused-ring (bicyclic) bond motifs is 2. The lowest BCUT2D eigenvalue weighted by molar-refractivity contribution is 0.686. The Hall–Kier alpha value is -1.45. The van der Waals surface area contributed by atoms with Crippen LogP contribution in [-0.2, 0) is 12.8 Å². The first kappa shape index (κ1) is 12.3. The van der Waals surface area contributed by atoms with Crippen LogP contribution >= 0.6 is 22.9 Å². The third-order valence-electron chi connectivity index (χ3n) is 3.97. The predicted molar refractivity (Wildman–Crippen MR) is 84.5 cm³/mol. The molecule has 2 nitrogen and oxygen atoms in total. The summed E-state index contributed by atoms with van der Waals surface area (Å²) in [5.74, 6) is 0. The van der Waals surface area contributed by atoms with E-state index in [2.05, 4.69) is 33.5 Å². The molecule has 0 N–H and O–H groups in total. The first-order valence-electron chi connectivity index (χ1n) is 6.83. The second kappa shape index (κ2) is 4.83. The highest BCUT2D eigenvalue weighted by molar-refractivity contribution is 7.18. The Labute approximate surface area is 126 Å². The molecule has 0 atom stereocenters. The number of aromatic nitrogens is 2. The van der Waals surface area contributed by atoms with Gasteiger partial charge in [-0.2, -0.15) is 0 Å². The minimum absolute atomic E-state index is 0.546. The van der Waals surface area contributed by atoms with Crippen molar-refractivity contribution in [1.29, 1.82) is 0 Å². The van der Waals surface area contributed by atoms with Crippen molar-refractivity contribution in [2.24, 2.45) is 0 Å². The van der Waals surface area contributed by atoms with Gasteiger partial charge in [-0.25, -0.2) is 9.97 Å². The number of thiophene rings is 1. The molecule has 20 heavy (non-hydrogen) atoms. The number of benzene rings is 1. The Kier molecular flexibility index (Phi) is 2.97. The average molecular weight is 301 g/mol. The van der Waals surface area contributed by atoms with Gasteiger partial charge in [0.25, 0.3) is 0 Å². The van der Waals surface area contributed by atoms with Crippen molar-refractivity contribution in [3.05, 3.63) is 46.2 Å². The van der Waals surface area contributed by atoms with Crippen LogP contribution < -0.4 is 0 Å². The Morgan fingerprint density at radius 1 is 1.05 bits per heavy atom. The highest BCUT2D eigenvalue weighted by Crippen LogP contribution is 2.36. The van der Waals surface area contributed by atoms with Gasteiger partial charge in [0.1, 0.15) is 11.5 Å². The molecular weight excluding hydrogens is 288 g/mol. The number of hydrogen-bond donors (Lipinski definition) is 0. The van der Waals surface area contributed by atoms with E-state index in [1.807, 2.05) is 0 Å². The fourth-order valence-electron chi connectivity index (χ4n) is 2.93. The van der Waals surface area contributed by atoms with Crippen LogP contribution in [0, 0.1) is 0 Å². The van der Waals surface area contributed by atoms with Crippen LogP contribution in [0.4, 0.5) is 0 Å². The molecule has 0 saturated heterocycles. The molecule has 0 spiro atoms. The zero-order valence-electron chi connectivity index (χ0n) is 10.9. The summed E-state index contributed by atoms with van der Waals surface area (Å²) in [7, 11) is 0. The van der Waals surface area contributed by atoms with Gasteiger partial charge in [-0.1, -0.05) is 29.8 Å². The van der Waals surface area contributed by atoms with Gasteiger partial charge in [-0.15, -0.1) is 11.3 Å². The van der Waals surface area contributed by atoms with Crippen LogP contribution in [0.3, 0.4) is 0 Å². The first-order chi connectivity index (χ1) is 9.83. The van der Waals surface area contributed by atoms with E-state index in [0.29, 0.717) is 5.15 Å². The molecule has 0 unspecified atom stereocenters. The van der Waals surface area contributed by atoms with Crippen molar-refractivity contribution in [3.63, 3.8) is 0 Å². The lowest BCUT2D eigenvalue weighted by atomic mass is 9.89. The van der Waals surface area contributed by atoms with Gasteiger partial charge in [0.15, 0.2) is 0 Å². The van der Waals surface area contributed by atoms with Crippen LogP contribution in [0.25, 0.3) is 21.3 Å². The van der Waals surface area contributed by atoms with Gasteiger partial charge < -0.3 is 0 Å². The Bertz CT molecular complexity index is 794. The summed E-state index contributed by atoms with van der Waals surface area (Å²) in [6, 6.07) is 6.81. The molecule has 0 saturated carbocycles. The third-order valence-corrected chi connectivity index (χ3v) is 5.34. The zero-order chi connectivity index (χ0) is 13.5. The number of nitrogens with zero attached hydrogens (tertiary/aromatic N) is 2. The summed E-state index contributed by atoms with van der Waals surface area (Å²) in [6.07, 6.45) is 6.57.